The van der Waals surface area contributed by atoms with Crippen molar-refractivity contribution in [3.05, 3.63) is 56.4 Å². The van der Waals surface area contributed by atoms with Gasteiger partial charge in [0.2, 0.25) is 0 Å². The van der Waals surface area contributed by atoms with Gasteiger partial charge >= 0.3 is 0 Å². The van der Waals surface area contributed by atoms with Crippen molar-refractivity contribution < 1.29 is 22.6 Å². The van der Waals surface area contributed by atoms with E-state index in [1.807, 2.05) is 22.6 Å². The number of rotatable bonds is 6. The second kappa shape index (κ2) is 7.87. The monoisotopic (exact) mass is 437 g/mol. The van der Waals surface area contributed by atoms with Gasteiger partial charge in [0.1, 0.15) is 18.2 Å². The lowest BCUT2D eigenvalue weighted by Crippen LogP contribution is -2.10. The van der Waals surface area contributed by atoms with Gasteiger partial charge in [-0.2, -0.15) is 0 Å². The molecule has 0 spiro atoms. The largest absolute Gasteiger partial charge is 0.489 e. The van der Waals surface area contributed by atoms with Crippen LogP contribution in [-0.2, 0) is 11.2 Å². The zero-order valence-electron chi connectivity index (χ0n) is 12.3. The van der Waals surface area contributed by atoms with E-state index in [0.717, 1.165) is 6.07 Å². The highest BCUT2D eigenvalue weighted by molar-refractivity contribution is 14.1. The van der Waals surface area contributed by atoms with E-state index in [4.69, 9.17) is 15.2 Å². The van der Waals surface area contributed by atoms with Gasteiger partial charge in [-0.15, -0.1) is 0 Å². The fourth-order valence-electron chi connectivity index (χ4n) is 2.05. The number of hydrogen-bond acceptors (Lipinski definition) is 3. The number of anilines is 1. The van der Waals surface area contributed by atoms with Gasteiger partial charge in [-0.3, -0.25) is 0 Å². The molecule has 0 aromatic heterocycles. The van der Waals surface area contributed by atoms with Crippen LogP contribution in [0.25, 0.3) is 0 Å². The summed E-state index contributed by atoms with van der Waals surface area (Å²) in [5.74, 6) is -2.67. The molecule has 0 bridgehead atoms. The fraction of sp³-hybridized carbons (Fsp3) is 0.250. The zero-order valence-corrected chi connectivity index (χ0v) is 14.5. The third-order valence-electron chi connectivity index (χ3n) is 3.25. The van der Waals surface area contributed by atoms with Gasteiger partial charge in [0, 0.05) is 28.7 Å². The van der Waals surface area contributed by atoms with E-state index in [-0.39, 0.29) is 42.2 Å². The number of methoxy groups -OCH3 is 1. The van der Waals surface area contributed by atoms with Crippen LogP contribution in [0.2, 0.25) is 0 Å². The minimum absolute atomic E-state index is 0.0156. The molecule has 2 aromatic rings. The highest BCUT2D eigenvalue weighted by Crippen LogP contribution is 2.32. The Morgan fingerprint density at radius 2 is 1.83 bits per heavy atom. The molecule has 0 unspecified atom stereocenters. The summed E-state index contributed by atoms with van der Waals surface area (Å²) < 4.78 is 52.6. The van der Waals surface area contributed by atoms with E-state index in [1.165, 1.54) is 19.2 Å². The normalized spacial score (nSPS) is 10.8. The maximum absolute atomic E-state index is 14.1. The molecule has 0 radical (unpaired) electrons. The Hall–Kier alpha value is -1.48. The van der Waals surface area contributed by atoms with E-state index < -0.39 is 17.5 Å². The Morgan fingerprint density at radius 3 is 2.48 bits per heavy atom. The average Bonchev–Trinajstić information content (AvgIpc) is 2.51. The van der Waals surface area contributed by atoms with E-state index >= 15 is 0 Å². The molecule has 0 saturated carbocycles. The molecule has 2 aromatic carbocycles. The number of halogens is 4. The molecule has 3 nitrogen and oxygen atoms in total. The molecule has 0 aliphatic carbocycles. The Balaban J connectivity index is 2.36. The minimum atomic E-state index is -1.10. The first-order chi connectivity index (χ1) is 10.9. The lowest BCUT2D eigenvalue weighted by Gasteiger charge is -2.14. The van der Waals surface area contributed by atoms with E-state index in [2.05, 4.69) is 0 Å². The van der Waals surface area contributed by atoms with Gasteiger partial charge in [-0.05, 0) is 40.3 Å². The first-order valence-electron chi connectivity index (χ1n) is 6.76. The smallest absolute Gasteiger partial charge is 0.164 e. The lowest BCUT2D eigenvalue weighted by molar-refractivity contribution is 0.146. The first kappa shape index (κ1) is 17.9. The van der Waals surface area contributed by atoms with E-state index in [9.17, 15) is 13.2 Å². The zero-order chi connectivity index (χ0) is 17.0. The predicted molar refractivity (Wildman–Crippen MR) is 90.1 cm³/mol. The van der Waals surface area contributed by atoms with Crippen LogP contribution in [0.5, 0.6) is 5.75 Å². The van der Waals surface area contributed by atoms with Gasteiger partial charge in [-0.1, -0.05) is 6.07 Å². The summed E-state index contributed by atoms with van der Waals surface area (Å²) in [6, 6.07) is 5.40. The van der Waals surface area contributed by atoms with Crippen LogP contribution in [0, 0.1) is 21.0 Å². The van der Waals surface area contributed by atoms with Crippen molar-refractivity contribution in [2.75, 3.05) is 26.1 Å². The van der Waals surface area contributed by atoms with Gasteiger partial charge < -0.3 is 15.2 Å². The molecule has 23 heavy (non-hydrogen) atoms. The van der Waals surface area contributed by atoms with Gasteiger partial charge in [0.15, 0.2) is 11.6 Å². The number of benzene rings is 2. The van der Waals surface area contributed by atoms with Crippen molar-refractivity contribution >= 4 is 28.3 Å². The fourth-order valence-corrected chi connectivity index (χ4v) is 2.50. The summed E-state index contributed by atoms with van der Waals surface area (Å²) in [5.41, 5.74) is 5.92. The summed E-state index contributed by atoms with van der Waals surface area (Å²) in [6.07, 6.45) is -0.168. The van der Waals surface area contributed by atoms with E-state index in [0.29, 0.717) is 3.57 Å². The second-order valence-electron chi connectivity index (χ2n) is 4.82. The summed E-state index contributed by atoms with van der Waals surface area (Å²) in [5, 5.41) is 0. The Labute approximate surface area is 145 Å². The predicted octanol–water partition coefficient (Wildman–Crippen LogP) is 3.91. The van der Waals surface area contributed by atoms with Crippen LogP contribution in [0.1, 0.15) is 11.1 Å². The van der Waals surface area contributed by atoms with Crippen molar-refractivity contribution in [1.29, 1.82) is 0 Å². The molecular weight excluding hydrogens is 422 g/mol. The van der Waals surface area contributed by atoms with Crippen LogP contribution in [0.3, 0.4) is 0 Å². The van der Waals surface area contributed by atoms with Gasteiger partial charge in [-0.25, -0.2) is 13.2 Å². The number of ether oxygens (including phenoxy) is 2. The Kier molecular flexibility index (Phi) is 6.11. The van der Waals surface area contributed by atoms with Crippen LogP contribution < -0.4 is 10.5 Å². The summed E-state index contributed by atoms with van der Waals surface area (Å²) >= 11 is 1.97. The van der Waals surface area contributed by atoms with Crippen LogP contribution >= 0.6 is 22.6 Å². The quantitative estimate of drug-likeness (QED) is 0.424. The number of nitrogens with two attached hydrogens (primary N) is 1. The van der Waals surface area contributed by atoms with Crippen molar-refractivity contribution in [1.82, 2.24) is 0 Å². The third kappa shape index (κ3) is 4.29. The van der Waals surface area contributed by atoms with Crippen LogP contribution in [0.15, 0.2) is 24.3 Å². The maximum Gasteiger partial charge on any atom is 0.164 e. The van der Waals surface area contributed by atoms with E-state index in [1.54, 1.807) is 6.07 Å². The molecular formula is C16H15F3INO2. The third-order valence-corrected chi connectivity index (χ3v) is 3.92. The highest BCUT2D eigenvalue weighted by Gasteiger charge is 2.19. The molecule has 0 fully saturated rings. The summed E-state index contributed by atoms with van der Waals surface area (Å²) in [4.78, 5) is 0. The molecule has 0 saturated heterocycles. The molecule has 2 rings (SSSR count). The molecule has 0 aliphatic rings. The molecule has 0 atom stereocenters. The van der Waals surface area contributed by atoms with Crippen molar-refractivity contribution in [3.8, 4) is 5.75 Å². The molecule has 0 amide bonds. The molecule has 0 aliphatic heterocycles. The Bertz CT molecular complexity index is 710. The van der Waals surface area contributed by atoms with Crippen molar-refractivity contribution in [2.45, 2.75) is 6.42 Å². The molecule has 7 heteroatoms. The topological polar surface area (TPSA) is 44.5 Å². The highest BCUT2D eigenvalue weighted by atomic mass is 127. The van der Waals surface area contributed by atoms with Crippen LogP contribution in [-0.4, -0.2) is 20.3 Å². The summed E-state index contributed by atoms with van der Waals surface area (Å²) in [7, 11) is 1.49. The molecule has 0 heterocycles. The first-order valence-corrected chi connectivity index (χ1v) is 7.84. The molecule has 124 valence electrons. The van der Waals surface area contributed by atoms with Crippen LogP contribution in [0.4, 0.5) is 18.9 Å². The average molecular weight is 437 g/mol. The van der Waals surface area contributed by atoms with Crippen molar-refractivity contribution in [2.24, 2.45) is 0 Å². The SMILES string of the molecule is COCCOc1cc(F)c(F)c(Cc2ccc(I)cc2F)c1N. The maximum atomic E-state index is 14.1. The van der Waals surface area contributed by atoms with Gasteiger partial charge in [0.05, 0.1) is 12.3 Å². The number of hydrogen-bond donors (Lipinski definition) is 1. The number of nitrogen functional groups attached to an aromatic ring is 1. The standard InChI is InChI=1S/C16H15F3INO2/c1-22-4-5-23-14-8-13(18)15(19)11(16(14)21)6-9-2-3-10(20)7-12(9)17/h2-3,7-8H,4-6,21H2,1H3. The Morgan fingerprint density at radius 1 is 1.09 bits per heavy atom. The molecule has 2 N–H and O–H groups in total. The lowest BCUT2D eigenvalue weighted by atomic mass is 10.0. The second-order valence-corrected chi connectivity index (χ2v) is 6.06. The summed E-state index contributed by atoms with van der Waals surface area (Å²) in [6.45, 7) is 0.419. The minimum Gasteiger partial charge on any atom is -0.489 e. The van der Waals surface area contributed by atoms with Crippen molar-refractivity contribution in [3.63, 3.8) is 0 Å². The van der Waals surface area contributed by atoms with Gasteiger partial charge in [0.25, 0.3) is 0 Å².